The first-order chi connectivity index (χ1) is 17.7. The fourth-order valence-electron chi connectivity index (χ4n) is 7.21. The van der Waals surface area contributed by atoms with Crippen molar-refractivity contribution in [2.24, 2.45) is 11.8 Å². The SMILES string of the molecule is Cc1cc(O)ccc1Cc1cc(C2(C3CCCC3)CCC(O)C(Cc3ccc(O)cc3C)C2)ccc1O. The minimum Gasteiger partial charge on any atom is -0.508 e. The van der Waals surface area contributed by atoms with Gasteiger partial charge in [-0.1, -0.05) is 37.1 Å². The van der Waals surface area contributed by atoms with Crippen molar-refractivity contribution in [3.63, 3.8) is 0 Å². The van der Waals surface area contributed by atoms with E-state index in [0.717, 1.165) is 47.9 Å². The van der Waals surface area contributed by atoms with E-state index in [1.54, 1.807) is 18.2 Å². The predicted molar refractivity (Wildman–Crippen MR) is 147 cm³/mol. The Morgan fingerprint density at radius 1 is 0.757 bits per heavy atom. The molecule has 2 fully saturated rings. The summed E-state index contributed by atoms with van der Waals surface area (Å²) in [5.74, 6) is 1.58. The van der Waals surface area contributed by atoms with E-state index >= 15 is 0 Å². The Kier molecular flexibility index (Phi) is 7.22. The molecule has 3 aromatic carbocycles. The Bertz CT molecular complexity index is 1260. The number of hydrogen-bond donors (Lipinski definition) is 4. The molecule has 0 radical (unpaired) electrons. The average Bonchev–Trinajstić information content (AvgIpc) is 3.41. The van der Waals surface area contributed by atoms with Crippen LogP contribution >= 0.6 is 0 Å². The molecule has 2 saturated carbocycles. The lowest BCUT2D eigenvalue weighted by molar-refractivity contribution is 0.0173. The Balaban J connectivity index is 1.50. The summed E-state index contributed by atoms with van der Waals surface area (Å²) in [6.45, 7) is 4.03. The van der Waals surface area contributed by atoms with Crippen LogP contribution in [0.1, 0.15) is 78.3 Å². The van der Waals surface area contributed by atoms with Gasteiger partial charge in [-0.05, 0) is 133 Å². The number of hydrogen-bond acceptors (Lipinski definition) is 4. The van der Waals surface area contributed by atoms with E-state index in [1.165, 1.54) is 36.8 Å². The number of phenols is 3. The van der Waals surface area contributed by atoms with Crippen molar-refractivity contribution in [2.45, 2.75) is 83.2 Å². The van der Waals surface area contributed by atoms with Gasteiger partial charge in [-0.3, -0.25) is 0 Å². The normalized spacial score (nSPS) is 24.4. The molecule has 0 aliphatic heterocycles. The van der Waals surface area contributed by atoms with E-state index in [9.17, 15) is 20.4 Å². The maximum Gasteiger partial charge on any atom is 0.119 e. The van der Waals surface area contributed by atoms with Crippen LogP contribution in [0.4, 0.5) is 0 Å². The minimum absolute atomic E-state index is 0.0162. The zero-order valence-electron chi connectivity index (χ0n) is 22.1. The maximum atomic E-state index is 11.1. The molecule has 0 amide bonds. The van der Waals surface area contributed by atoms with Gasteiger partial charge >= 0.3 is 0 Å². The third kappa shape index (κ3) is 5.22. The number of phenolic OH excluding ortho intramolecular Hbond substituents is 3. The van der Waals surface area contributed by atoms with Crippen molar-refractivity contribution < 1.29 is 20.4 Å². The molecule has 5 rings (SSSR count). The van der Waals surface area contributed by atoms with Crippen molar-refractivity contribution in [1.29, 1.82) is 0 Å². The van der Waals surface area contributed by atoms with Crippen molar-refractivity contribution in [2.75, 3.05) is 0 Å². The molecule has 4 N–H and O–H groups in total. The lowest BCUT2D eigenvalue weighted by Crippen LogP contribution is -2.44. The Hall–Kier alpha value is -2.98. The van der Waals surface area contributed by atoms with Crippen LogP contribution < -0.4 is 0 Å². The van der Waals surface area contributed by atoms with Crippen LogP contribution in [0.25, 0.3) is 0 Å². The number of aryl methyl sites for hydroxylation is 2. The fraction of sp³-hybridized carbons (Fsp3) is 0.455. The van der Waals surface area contributed by atoms with Crippen LogP contribution in [0.5, 0.6) is 17.2 Å². The van der Waals surface area contributed by atoms with Crippen LogP contribution in [-0.4, -0.2) is 26.5 Å². The van der Waals surface area contributed by atoms with E-state index in [0.29, 0.717) is 18.1 Å². The van der Waals surface area contributed by atoms with Gasteiger partial charge in [-0.2, -0.15) is 0 Å². The van der Waals surface area contributed by atoms with E-state index in [4.69, 9.17) is 0 Å². The molecule has 3 aromatic rings. The zero-order valence-corrected chi connectivity index (χ0v) is 22.1. The highest BCUT2D eigenvalue weighted by Gasteiger charge is 2.47. The van der Waals surface area contributed by atoms with Gasteiger partial charge in [0.2, 0.25) is 0 Å². The number of aromatic hydroxyl groups is 3. The fourth-order valence-corrected chi connectivity index (χ4v) is 7.21. The highest BCUT2D eigenvalue weighted by molar-refractivity contribution is 5.45. The molecule has 0 heterocycles. The molecule has 3 unspecified atom stereocenters. The van der Waals surface area contributed by atoms with Crippen LogP contribution in [0, 0.1) is 25.7 Å². The summed E-state index contributed by atoms with van der Waals surface area (Å²) in [6.07, 6.45) is 8.72. The van der Waals surface area contributed by atoms with Gasteiger partial charge < -0.3 is 20.4 Å². The van der Waals surface area contributed by atoms with E-state index in [-0.39, 0.29) is 28.9 Å². The summed E-state index contributed by atoms with van der Waals surface area (Å²) in [5, 5.41) is 41.7. The lowest BCUT2D eigenvalue weighted by atomic mass is 9.57. The monoisotopic (exact) mass is 500 g/mol. The van der Waals surface area contributed by atoms with Gasteiger partial charge in [0, 0.05) is 6.42 Å². The van der Waals surface area contributed by atoms with Crippen molar-refractivity contribution in [1.82, 2.24) is 0 Å². The van der Waals surface area contributed by atoms with E-state index in [1.807, 2.05) is 38.1 Å². The summed E-state index contributed by atoms with van der Waals surface area (Å²) in [7, 11) is 0. The average molecular weight is 501 g/mol. The highest BCUT2D eigenvalue weighted by Crippen LogP contribution is 2.53. The summed E-state index contributed by atoms with van der Waals surface area (Å²) in [5.41, 5.74) is 6.57. The number of aliphatic hydroxyl groups excluding tert-OH is 1. The van der Waals surface area contributed by atoms with Crippen LogP contribution in [0.3, 0.4) is 0 Å². The lowest BCUT2D eigenvalue weighted by Gasteiger charge is -2.48. The second kappa shape index (κ2) is 10.4. The van der Waals surface area contributed by atoms with Gasteiger partial charge in [-0.15, -0.1) is 0 Å². The molecule has 4 heteroatoms. The molecule has 2 aliphatic rings. The number of benzene rings is 3. The Morgan fingerprint density at radius 2 is 1.41 bits per heavy atom. The van der Waals surface area contributed by atoms with Crippen molar-refractivity contribution in [3.05, 3.63) is 88.0 Å². The number of rotatable bonds is 6. The second-order valence-electron chi connectivity index (χ2n) is 11.7. The smallest absolute Gasteiger partial charge is 0.119 e. The molecule has 2 aliphatic carbocycles. The third-order valence-corrected chi connectivity index (χ3v) is 9.36. The van der Waals surface area contributed by atoms with Crippen LogP contribution in [0.15, 0.2) is 54.6 Å². The number of aliphatic hydroxyl groups is 1. The largest absolute Gasteiger partial charge is 0.508 e. The third-order valence-electron chi connectivity index (χ3n) is 9.36. The minimum atomic E-state index is -0.334. The first-order valence-electron chi connectivity index (χ1n) is 13.8. The zero-order chi connectivity index (χ0) is 26.2. The molecule has 4 nitrogen and oxygen atoms in total. The first kappa shape index (κ1) is 25.7. The van der Waals surface area contributed by atoms with Gasteiger partial charge in [0.05, 0.1) is 6.10 Å². The predicted octanol–water partition coefficient (Wildman–Crippen LogP) is 6.84. The molecular weight excluding hydrogens is 460 g/mol. The van der Waals surface area contributed by atoms with E-state index in [2.05, 4.69) is 12.1 Å². The summed E-state index contributed by atoms with van der Waals surface area (Å²) in [4.78, 5) is 0. The quantitative estimate of drug-likeness (QED) is 0.299. The summed E-state index contributed by atoms with van der Waals surface area (Å²) < 4.78 is 0. The molecule has 3 atom stereocenters. The molecular formula is C33H40O4. The molecule has 0 saturated heterocycles. The molecule has 0 bridgehead atoms. The molecule has 196 valence electrons. The topological polar surface area (TPSA) is 80.9 Å². The van der Waals surface area contributed by atoms with Crippen molar-refractivity contribution in [3.8, 4) is 17.2 Å². The van der Waals surface area contributed by atoms with E-state index < -0.39 is 0 Å². The standard InChI is InChI=1S/C33H40O4/c1-21-15-29(34)10-7-23(21)17-25-19-28(9-12-31(25)36)33(27-5-3-4-6-27)14-13-32(37)26(20-33)18-24-8-11-30(35)16-22(24)2/h7-12,15-16,19,26-27,32,34-37H,3-6,13-14,17-18,20H2,1-2H3. The van der Waals surface area contributed by atoms with Gasteiger partial charge in [-0.25, -0.2) is 0 Å². The van der Waals surface area contributed by atoms with Gasteiger partial charge in [0.25, 0.3) is 0 Å². The molecule has 37 heavy (non-hydrogen) atoms. The van der Waals surface area contributed by atoms with Crippen molar-refractivity contribution >= 4 is 0 Å². The molecule has 0 aromatic heterocycles. The van der Waals surface area contributed by atoms with Gasteiger partial charge in [0.1, 0.15) is 17.2 Å². The van der Waals surface area contributed by atoms with Gasteiger partial charge in [0.15, 0.2) is 0 Å². The van der Waals surface area contributed by atoms with Crippen LogP contribution in [0.2, 0.25) is 0 Å². The first-order valence-corrected chi connectivity index (χ1v) is 13.8. The molecule has 0 spiro atoms. The Labute approximate surface area is 220 Å². The Morgan fingerprint density at radius 3 is 2.05 bits per heavy atom. The van der Waals surface area contributed by atoms with Crippen LogP contribution in [-0.2, 0) is 18.3 Å². The second-order valence-corrected chi connectivity index (χ2v) is 11.7. The summed E-state index contributed by atoms with van der Waals surface area (Å²) >= 11 is 0. The highest BCUT2D eigenvalue weighted by atomic mass is 16.3. The maximum absolute atomic E-state index is 11.1. The summed E-state index contributed by atoms with van der Waals surface area (Å²) in [6, 6.07) is 17.2.